The average molecular weight is 225 g/mol. The molecule has 1 aromatic carbocycles. The number of thiocarbonyl (C=S) groups is 1. The molecule has 0 amide bonds. The predicted molar refractivity (Wildman–Crippen MR) is 61.3 cm³/mol. The summed E-state index contributed by atoms with van der Waals surface area (Å²) in [6.07, 6.45) is 0. The van der Waals surface area contributed by atoms with Gasteiger partial charge in [0.05, 0.1) is 12.7 Å². The molecule has 0 radical (unpaired) electrons. The smallest absolute Gasteiger partial charge is 0.337 e. The second kappa shape index (κ2) is 5.28. The summed E-state index contributed by atoms with van der Waals surface area (Å²) in [4.78, 5) is 11.2. The third-order valence-corrected chi connectivity index (χ3v) is 1.89. The SMILES string of the molecule is COC(=O)c1cccc(NC(=S)NN)c1. The first-order valence-electron chi connectivity index (χ1n) is 4.13. The molecule has 0 spiro atoms. The van der Waals surface area contributed by atoms with E-state index in [1.54, 1.807) is 24.3 Å². The van der Waals surface area contributed by atoms with Crippen molar-refractivity contribution in [1.82, 2.24) is 5.43 Å². The number of anilines is 1. The average Bonchev–Trinajstić information content (AvgIpc) is 2.28. The van der Waals surface area contributed by atoms with Gasteiger partial charge in [0, 0.05) is 5.69 Å². The van der Waals surface area contributed by atoms with E-state index in [0.717, 1.165) is 0 Å². The lowest BCUT2D eigenvalue weighted by atomic mass is 10.2. The van der Waals surface area contributed by atoms with Crippen molar-refractivity contribution in [2.75, 3.05) is 12.4 Å². The third kappa shape index (κ3) is 3.19. The molecule has 0 aromatic heterocycles. The fourth-order valence-corrected chi connectivity index (χ4v) is 1.13. The Morgan fingerprint density at radius 1 is 1.53 bits per heavy atom. The number of nitrogens with one attached hydrogen (secondary N) is 2. The number of ether oxygens (including phenoxy) is 1. The molecule has 0 saturated heterocycles. The lowest BCUT2D eigenvalue weighted by Gasteiger charge is -2.07. The maximum absolute atomic E-state index is 11.2. The minimum Gasteiger partial charge on any atom is -0.465 e. The van der Waals surface area contributed by atoms with Crippen molar-refractivity contribution < 1.29 is 9.53 Å². The van der Waals surface area contributed by atoms with Gasteiger partial charge in [-0.2, -0.15) is 0 Å². The number of hydrazine groups is 1. The molecule has 0 aliphatic carbocycles. The first kappa shape index (κ1) is 11.4. The first-order chi connectivity index (χ1) is 7.17. The summed E-state index contributed by atoms with van der Waals surface area (Å²) in [5.74, 6) is 4.70. The van der Waals surface area contributed by atoms with Crippen LogP contribution in [0.5, 0.6) is 0 Å². The van der Waals surface area contributed by atoms with E-state index in [1.165, 1.54) is 7.11 Å². The van der Waals surface area contributed by atoms with E-state index in [-0.39, 0.29) is 5.11 Å². The fraction of sp³-hybridized carbons (Fsp3) is 0.111. The Kier molecular flexibility index (Phi) is 4.02. The number of benzene rings is 1. The summed E-state index contributed by atoms with van der Waals surface area (Å²) in [5, 5.41) is 3.07. The van der Waals surface area contributed by atoms with E-state index < -0.39 is 5.97 Å². The molecule has 0 aliphatic heterocycles. The summed E-state index contributed by atoms with van der Waals surface area (Å²) in [7, 11) is 1.33. The van der Waals surface area contributed by atoms with Gasteiger partial charge >= 0.3 is 5.97 Å². The van der Waals surface area contributed by atoms with Crippen LogP contribution in [-0.2, 0) is 4.74 Å². The van der Waals surface area contributed by atoms with E-state index in [9.17, 15) is 4.79 Å². The molecule has 0 heterocycles. The van der Waals surface area contributed by atoms with Crippen LogP contribution < -0.4 is 16.6 Å². The number of carbonyl (C=O) groups excluding carboxylic acids is 1. The molecule has 6 heteroatoms. The van der Waals surface area contributed by atoms with E-state index in [0.29, 0.717) is 11.3 Å². The van der Waals surface area contributed by atoms with E-state index in [1.807, 2.05) is 0 Å². The molecule has 0 fully saturated rings. The summed E-state index contributed by atoms with van der Waals surface area (Å²) in [6.45, 7) is 0. The van der Waals surface area contributed by atoms with Gasteiger partial charge in [0.2, 0.25) is 0 Å². The Morgan fingerprint density at radius 2 is 2.27 bits per heavy atom. The summed E-state index contributed by atoms with van der Waals surface area (Å²) in [6, 6.07) is 6.75. The molecule has 4 N–H and O–H groups in total. The molecule has 1 aromatic rings. The van der Waals surface area contributed by atoms with Crippen molar-refractivity contribution in [1.29, 1.82) is 0 Å². The van der Waals surface area contributed by atoms with Crippen molar-refractivity contribution in [2.24, 2.45) is 5.84 Å². The van der Waals surface area contributed by atoms with Gasteiger partial charge in [-0.25, -0.2) is 10.6 Å². The van der Waals surface area contributed by atoms with Crippen LogP contribution >= 0.6 is 12.2 Å². The molecule has 0 aliphatic rings. The first-order valence-corrected chi connectivity index (χ1v) is 4.54. The van der Waals surface area contributed by atoms with Crippen LogP contribution in [0, 0.1) is 0 Å². The number of nitrogens with two attached hydrogens (primary N) is 1. The minimum atomic E-state index is -0.398. The largest absolute Gasteiger partial charge is 0.465 e. The van der Waals surface area contributed by atoms with Gasteiger partial charge in [-0.15, -0.1) is 0 Å². The van der Waals surface area contributed by atoms with Crippen molar-refractivity contribution in [3.63, 3.8) is 0 Å². The lowest BCUT2D eigenvalue weighted by molar-refractivity contribution is 0.0601. The number of hydrogen-bond acceptors (Lipinski definition) is 4. The number of esters is 1. The molecule has 0 atom stereocenters. The summed E-state index contributed by atoms with van der Waals surface area (Å²) in [5.41, 5.74) is 3.39. The van der Waals surface area contributed by atoms with Crippen LogP contribution in [0.4, 0.5) is 5.69 Å². The van der Waals surface area contributed by atoms with Gasteiger partial charge in [-0.05, 0) is 30.4 Å². The normalized spacial score (nSPS) is 9.20. The Morgan fingerprint density at radius 3 is 2.87 bits per heavy atom. The highest BCUT2D eigenvalue weighted by molar-refractivity contribution is 7.80. The Bertz CT molecular complexity index is 381. The maximum Gasteiger partial charge on any atom is 0.337 e. The van der Waals surface area contributed by atoms with Crippen molar-refractivity contribution >= 4 is 29.0 Å². The molecule has 0 bridgehead atoms. The molecular formula is C9H11N3O2S. The molecule has 80 valence electrons. The van der Waals surface area contributed by atoms with Gasteiger partial charge in [-0.3, -0.25) is 0 Å². The lowest BCUT2D eigenvalue weighted by Crippen LogP contribution is -2.34. The molecule has 0 saturated carbocycles. The number of hydrogen-bond donors (Lipinski definition) is 3. The quantitative estimate of drug-likeness (QED) is 0.297. The standard InChI is InChI=1S/C9H11N3O2S/c1-14-8(13)6-3-2-4-7(5-6)11-9(15)12-10/h2-5H,10H2,1H3,(H2,11,12,15). The second-order valence-electron chi connectivity index (χ2n) is 2.67. The zero-order chi connectivity index (χ0) is 11.3. The van der Waals surface area contributed by atoms with Crippen LogP contribution in [0.25, 0.3) is 0 Å². The molecule has 0 unspecified atom stereocenters. The van der Waals surface area contributed by atoms with Crippen LogP contribution in [0.3, 0.4) is 0 Å². The highest BCUT2D eigenvalue weighted by Crippen LogP contribution is 2.11. The minimum absolute atomic E-state index is 0.275. The highest BCUT2D eigenvalue weighted by Gasteiger charge is 2.05. The number of methoxy groups -OCH3 is 1. The number of carbonyl (C=O) groups is 1. The van der Waals surface area contributed by atoms with Crippen LogP contribution in [-0.4, -0.2) is 18.2 Å². The highest BCUT2D eigenvalue weighted by atomic mass is 32.1. The fourth-order valence-electron chi connectivity index (χ4n) is 1.01. The van der Waals surface area contributed by atoms with E-state index in [2.05, 4.69) is 15.5 Å². The maximum atomic E-state index is 11.2. The Labute approximate surface area is 92.6 Å². The van der Waals surface area contributed by atoms with Crippen LogP contribution in [0.2, 0.25) is 0 Å². The molecule has 1 rings (SSSR count). The van der Waals surface area contributed by atoms with E-state index >= 15 is 0 Å². The van der Waals surface area contributed by atoms with E-state index in [4.69, 9.17) is 18.1 Å². The van der Waals surface area contributed by atoms with Gasteiger partial charge in [0.15, 0.2) is 5.11 Å². The second-order valence-corrected chi connectivity index (χ2v) is 3.08. The van der Waals surface area contributed by atoms with Gasteiger partial charge in [-0.1, -0.05) is 6.07 Å². The van der Waals surface area contributed by atoms with Gasteiger partial charge < -0.3 is 15.5 Å². The topological polar surface area (TPSA) is 76.4 Å². The number of rotatable bonds is 2. The van der Waals surface area contributed by atoms with Crippen molar-refractivity contribution in [3.8, 4) is 0 Å². The Balaban J connectivity index is 2.83. The van der Waals surface area contributed by atoms with Crippen molar-refractivity contribution in [2.45, 2.75) is 0 Å². The summed E-state index contributed by atoms with van der Waals surface area (Å²) < 4.78 is 4.58. The molecule has 5 nitrogen and oxygen atoms in total. The monoisotopic (exact) mass is 225 g/mol. The van der Waals surface area contributed by atoms with Gasteiger partial charge in [0.25, 0.3) is 0 Å². The van der Waals surface area contributed by atoms with Gasteiger partial charge in [0.1, 0.15) is 0 Å². The molecule has 15 heavy (non-hydrogen) atoms. The van der Waals surface area contributed by atoms with Crippen LogP contribution in [0.1, 0.15) is 10.4 Å². The molecular weight excluding hydrogens is 214 g/mol. The zero-order valence-corrected chi connectivity index (χ0v) is 8.93. The third-order valence-electron chi connectivity index (χ3n) is 1.67. The zero-order valence-electron chi connectivity index (χ0n) is 8.11. The van der Waals surface area contributed by atoms with Crippen molar-refractivity contribution in [3.05, 3.63) is 29.8 Å². The predicted octanol–water partition coefficient (Wildman–Crippen LogP) is 0.633. The Hall–Kier alpha value is -1.66. The van der Waals surface area contributed by atoms with Crippen LogP contribution in [0.15, 0.2) is 24.3 Å². The summed E-state index contributed by atoms with van der Waals surface area (Å²) >= 11 is 4.81.